The molecule has 0 radical (unpaired) electrons. The lowest BCUT2D eigenvalue weighted by Crippen LogP contribution is -2.27. The van der Waals surface area contributed by atoms with Crippen LogP contribution in [0.3, 0.4) is 0 Å². The van der Waals surface area contributed by atoms with E-state index in [9.17, 15) is 4.79 Å². The van der Waals surface area contributed by atoms with Gasteiger partial charge in [-0.2, -0.15) is 0 Å². The molecule has 1 amide bonds. The Morgan fingerprint density at radius 2 is 1.65 bits per heavy atom. The summed E-state index contributed by atoms with van der Waals surface area (Å²) in [6, 6.07) is 16.2. The van der Waals surface area contributed by atoms with Gasteiger partial charge in [-0.3, -0.25) is 4.79 Å². The topological polar surface area (TPSA) is 29.1 Å². The van der Waals surface area contributed by atoms with Gasteiger partial charge in [0, 0.05) is 16.7 Å². The highest BCUT2D eigenvalue weighted by atomic mass is 16.2. The Balaban J connectivity index is 2.42. The minimum absolute atomic E-state index is 0.0280. The van der Waals surface area contributed by atoms with Crippen LogP contribution in [0.1, 0.15) is 26.3 Å². The molecule has 0 unspecified atom stereocenters. The monoisotopic (exact) mass is 267 g/mol. The van der Waals surface area contributed by atoms with Crippen LogP contribution in [0.25, 0.3) is 11.1 Å². The molecule has 0 spiro atoms. The standard InChI is InChI=1S/C18H21NO/c1-13-10-11-15(14-8-6-5-7-9-14)16(12-13)19-17(20)18(2,3)4/h5-12H,1-4H3,(H,19,20). The molecular weight excluding hydrogens is 246 g/mol. The van der Waals surface area contributed by atoms with Crippen LogP contribution in [0, 0.1) is 12.3 Å². The van der Waals surface area contributed by atoms with Crippen molar-refractivity contribution in [2.45, 2.75) is 27.7 Å². The van der Waals surface area contributed by atoms with Gasteiger partial charge in [0.15, 0.2) is 0 Å². The minimum atomic E-state index is -0.405. The Hall–Kier alpha value is -2.09. The smallest absolute Gasteiger partial charge is 0.229 e. The molecule has 2 aromatic rings. The molecule has 0 fully saturated rings. The Kier molecular flexibility index (Phi) is 3.93. The lowest BCUT2D eigenvalue weighted by atomic mass is 9.94. The molecule has 1 N–H and O–H groups in total. The van der Waals surface area contributed by atoms with Crippen molar-refractivity contribution in [3.8, 4) is 11.1 Å². The third-order valence-corrected chi connectivity index (χ3v) is 3.19. The van der Waals surface area contributed by atoms with E-state index in [2.05, 4.69) is 29.6 Å². The summed E-state index contributed by atoms with van der Waals surface area (Å²) in [5, 5.41) is 3.05. The average Bonchev–Trinajstić information content (AvgIpc) is 2.39. The predicted molar refractivity (Wildman–Crippen MR) is 84.7 cm³/mol. The average molecular weight is 267 g/mol. The molecule has 0 atom stereocenters. The van der Waals surface area contributed by atoms with Gasteiger partial charge >= 0.3 is 0 Å². The largest absolute Gasteiger partial charge is 0.325 e. The summed E-state index contributed by atoms with van der Waals surface area (Å²) in [4.78, 5) is 12.2. The Bertz CT molecular complexity index is 609. The van der Waals surface area contributed by atoms with Gasteiger partial charge in [-0.05, 0) is 24.1 Å². The lowest BCUT2D eigenvalue weighted by Gasteiger charge is -2.20. The van der Waals surface area contributed by atoms with Crippen molar-refractivity contribution in [3.63, 3.8) is 0 Å². The molecule has 0 heterocycles. The quantitative estimate of drug-likeness (QED) is 0.843. The number of hydrogen-bond donors (Lipinski definition) is 1. The zero-order valence-corrected chi connectivity index (χ0v) is 12.5. The first-order chi connectivity index (χ1) is 9.38. The van der Waals surface area contributed by atoms with Gasteiger partial charge in [-0.15, -0.1) is 0 Å². The van der Waals surface area contributed by atoms with E-state index in [1.54, 1.807) is 0 Å². The molecule has 0 saturated carbocycles. The summed E-state index contributed by atoms with van der Waals surface area (Å²) in [7, 11) is 0. The molecule has 2 aromatic carbocycles. The van der Waals surface area contributed by atoms with Crippen LogP contribution in [-0.2, 0) is 4.79 Å². The number of aryl methyl sites for hydroxylation is 1. The molecule has 0 aromatic heterocycles. The van der Waals surface area contributed by atoms with Crippen LogP contribution in [0.2, 0.25) is 0 Å². The fraction of sp³-hybridized carbons (Fsp3) is 0.278. The van der Waals surface area contributed by atoms with E-state index in [1.165, 1.54) is 0 Å². The van der Waals surface area contributed by atoms with Crippen molar-refractivity contribution in [2.24, 2.45) is 5.41 Å². The first-order valence-corrected chi connectivity index (χ1v) is 6.85. The van der Waals surface area contributed by atoms with E-state index in [4.69, 9.17) is 0 Å². The molecule has 0 bridgehead atoms. The predicted octanol–water partition coefficient (Wildman–Crippen LogP) is 4.65. The van der Waals surface area contributed by atoms with Gasteiger partial charge in [-0.25, -0.2) is 0 Å². The lowest BCUT2D eigenvalue weighted by molar-refractivity contribution is -0.123. The number of hydrogen-bond acceptors (Lipinski definition) is 1. The molecule has 0 aliphatic carbocycles. The van der Waals surface area contributed by atoms with Crippen molar-refractivity contribution in [1.29, 1.82) is 0 Å². The number of carbonyl (C=O) groups excluding carboxylic acids is 1. The molecular formula is C18H21NO. The highest BCUT2D eigenvalue weighted by molar-refractivity contribution is 5.98. The summed E-state index contributed by atoms with van der Waals surface area (Å²) in [6.45, 7) is 7.78. The number of benzene rings is 2. The number of amides is 1. The first kappa shape index (κ1) is 14.3. The zero-order chi connectivity index (χ0) is 14.8. The summed E-state index contributed by atoms with van der Waals surface area (Å²) >= 11 is 0. The van der Waals surface area contributed by atoms with Gasteiger partial charge in [0.1, 0.15) is 0 Å². The van der Waals surface area contributed by atoms with E-state index in [-0.39, 0.29) is 5.91 Å². The molecule has 104 valence electrons. The van der Waals surface area contributed by atoms with Crippen molar-refractivity contribution < 1.29 is 4.79 Å². The fourth-order valence-corrected chi connectivity index (χ4v) is 1.94. The molecule has 2 heteroatoms. The van der Waals surface area contributed by atoms with Crippen molar-refractivity contribution in [1.82, 2.24) is 0 Å². The van der Waals surface area contributed by atoms with Gasteiger partial charge in [0.05, 0.1) is 0 Å². The first-order valence-electron chi connectivity index (χ1n) is 6.85. The normalized spacial score (nSPS) is 11.2. The highest BCUT2D eigenvalue weighted by Gasteiger charge is 2.22. The van der Waals surface area contributed by atoms with Crippen LogP contribution in [0.4, 0.5) is 5.69 Å². The number of nitrogens with one attached hydrogen (secondary N) is 1. The SMILES string of the molecule is Cc1ccc(-c2ccccc2)c(NC(=O)C(C)(C)C)c1. The summed E-state index contributed by atoms with van der Waals surface area (Å²) in [5.41, 5.74) is 3.76. The molecule has 2 rings (SSSR count). The number of anilines is 1. The fourth-order valence-electron chi connectivity index (χ4n) is 1.94. The molecule has 20 heavy (non-hydrogen) atoms. The van der Waals surface area contributed by atoms with Gasteiger partial charge < -0.3 is 5.32 Å². The number of rotatable bonds is 2. The van der Waals surface area contributed by atoms with E-state index in [1.807, 2.05) is 52.0 Å². The summed E-state index contributed by atoms with van der Waals surface area (Å²) in [5.74, 6) is 0.0280. The zero-order valence-electron chi connectivity index (χ0n) is 12.5. The summed E-state index contributed by atoms with van der Waals surface area (Å²) < 4.78 is 0. The maximum atomic E-state index is 12.2. The highest BCUT2D eigenvalue weighted by Crippen LogP contribution is 2.30. The molecule has 0 aliphatic heterocycles. The van der Waals surface area contributed by atoms with Gasteiger partial charge in [0.2, 0.25) is 5.91 Å². The van der Waals surface area contributed by atoms with Crippen molar-refractivity contribution in [2.75, 3.05) is 5.32 Å². The number of carbonyl (C=O) groups is 1. The maximum absolute atomic E-state index is 12.2. The third kappa shape index (κ3) is 3.27. The van der Waals surface area contributed by atoms with E-state index >= 15 is 0 Å². The van der Waals surface area contributed by atoms with E-state index in [0.29, 0.717) is 0 Å². The van der Waals surface area contributed by atoms with Gasteiger partial charge in [-0.1, -0.05) is 63.2 Å². The van der Waals surface area contributed by atoms with Crippen LogP contribution < -0.4 is 5.32 Å². The summed E-state index contributed by atoms with van der Waals surface area (Å²) in [6.07, 6.45) is 0. The Morgan fingerprint density at radius 1 is 1.00 bits per heavy atom. The molecule has 0 aliphatic rings. The second kappa shape index (κ2) is 5.49. The van der Waals surface area contributed by atoms with Crippen LogP contribution in [0.5, 0.6) is 0 Å². The molecule has 0 saturated heterocycles. The third-order valence-electron chi connectivity index (χ3n) is 3.19. The van der Waals surface area contributed by atoms with E-state index in [0.717, 1.165) is 22.4 Å². The van der Waals surface area contributed by atoms with E-state index < -0.39 is 5.41 Å². The Labute approximate surface area is 120 Å². The van der Waals surface area contributed by atoms with Crippen molar-refractivity contribution in [3.05, 3.63) is 54.1 Å². The maximum Gasteiger partial charge on any atom is 0.229 e. The van der Waals surface area contributed by atoms with Crippen LogP contribution >= 0.6 is 0 Å². The van der Waals surface area contributed by atoms with Gasteiger partial charge in [0.25, 0.3) is 0 Å². The Morgan fingerprint density at radius 3 is 2.25 bits per heavy atom. The van der Waals surface area contributed by atoms with Crippen molar-refractivity contribution >= 4 is 11.6 Å². The van der Waals surface area contributed by atoms with Crippen LogP contribution in [-0.4, -0.2) is 5.91 Å². The second-order valence-corrected chi connectivity index (χ2v) is 6.12. The minimum Gasteiger partial charge on any atom is -0.325 e. The van der Waals surface area contributed by atoms with Crippen LogP contribution in [0.15, 0.2) is 48.5 Å². The second-order valence-electron chi connectivity index (χ2n) is 6.12. The molecule has 2 nitrogen and oxygen atoms in total.